The topological polar surface area (TPSA) is 87.7 Å². The summed E-state index contributed by atoms with van der Waals surface area (Å²) in [4.78, 5) is 43.8. The van der Waals surface area contributed by atoms with Gasteiger partial charge in [0, 0.05) is 27.8 Å². The minimum atomic E-state index is -1.20. The van der Waals surface area contributed by atoms with Gasteiger partial charge in [0.15, 0.2) is 0 Å². The number of carbonyl (C=O) groups is 3. The summed E-state index contributed by atoms with van der Waals surface area (Å²) in [6.07, 6.45) is 9.71. The van der Waals surface area contributed by atoms with Crippen LogP contribution in [0.5, 0.6) is 0 Å². The number of ether oxygens (including phenoxy) is 1. The molecule has 41 heavy (non-hydrogen) atoms. The number of halogens is 2. The van der Waals surface area contributed by atoms with Gasteiger partial charge < -0.3 is 20.3 Å². The highest BCUT2D eigenvalue weighted by molar-refractivity contribution is 6.35. The molecule has 2 saturated heterocycles. The molecule has 7 nitrogen and oxygen atoms in total. The van der Waals surface area contributed by atoms with Crippen LogP contribution in [0.4, 0.5) is 5.69 Å². The van der Waals surface area contributed by atoms with Crippen LogP contribution in [0, 0.1) is 11.8 Å². The van der Waals surface area contributed by atoms with Crippen molar-refractivity contribution in [2.75, 3.05) is 5.32 Å². The number of nitrogens with zero attached hydrogens (tertiary/aromatic N) is 1. The number of anilines is 1. The lowest BCUT2D eigenvalue weighted by Gasteiger charge is -2.36. The van der Waals surface area contributed by atoms with Gasteiger partial charge in [-0.3, -0.25) is 14.4 Å². The highest BCUT2D eigenvalue weighted by Gasteiger charge is 2.73. The average molecular weight is 597 g/mol. The summed E-state index contributed by atoms with van der Waals surface area (Å²) in [5, 5.41) is 6.92. The molecule has 1 saturated carbocycles. The molecular formula is C32H35Cl2N3O4. The number of carbonyl (C=O) groups excluding carboxylic acids is 3. The van der Waals surface area contributed by atoms with E-state index < -0.39 is 29.6 Å². The van der Waals surface area contributed by atoms with E-state index in [4.69, 9.17) is 27.9 Å². The number of rotatable bonds is 8. The summed E-state index contributed by atoms with van der Waals surface area (Å²) in [5.41, 5.74) is 0.413. The van der Waals surface area contributed by atoms with Crippen LogP contribution in [0.1, 0.15) is 51.0 Å². The first-order chi connectivity index (χ1) is 19.8. The summed E-state index contributed by atoms with van der Waals surface area (Å²) in [6.45, 7) is 1.98. The first-order valence-electron chi connectivity index (χ1n) is 14.6. The molecule has 2 aromatic carbocycles. The van der Waals surface area contributed by atoms with Gasteiger partial charge in [0.1, 0.15) is 11.6 Å². The lowest BCUT2D eigenvalue weighted by Crippen LogP contribution is -2.58. The minimum Gasteiger partial charge on any atom is -0.359 e. The van der Waals surface area contributed by atoms with Gasteiger partial charge in [-0.05, 0) is 56.4 Å². The van der Waals surface area contributed by atoms with Crippen molar-refractivity contribution in [2.45, 2.75) is 81.7 Å². The van der Waals surface area contributed by atoms with Crippen LogP contribution in [0.3, 0.4) is 0 Å². The number of hydrogen-bond donors (Lipinski definition) is 2. The Morgan fingerprint density at radius 1 is 1.05 bits per heavy atom. The van der Waals surface area contributed by atoms with Gasteiger partial charge in [0.25, 0.3) is 0 Å². The van der Waals surface area contributed by atoms with E-state index in [9.17, 15) is 14.4 Å². The van der Waals surface area contributed by atoms with Crippen LogP contribution in [-0.4, -0.2) is 52.5 Å². The maximum Gasteiger partial charge on any atom is 0.246 e. The lowest BCUT2D eigenvalue weighted by atomic mass is 9.74. The zero-order valence-corrected chi connectivity index (χ0v) is 24.5. The summed E-state index contributed by atoms with van der Waals surface area (Å²) >= 11 is 12.3. The molecular weight excluding hydrogens is 561 g/mol. The third-order valence-electron chi connectivity index (χ3n) is 9.11. The molecule has 3 fully saturated rings. The molecule has 6 rings (SSSR count). The highest BCUT2D eigenvalue weighted by Crippen LogP contribution is 2.56. The number of likely N-dealkylation sites (tertiary alicyclic amines) is 1. The number of fused-ring (bicyclic) bond motifs is 1. The first kappa shape index (κ1) is 28.3. The van der Waals surface area contributed by atoms with E-state index in [0.29, 0.717) is 22.2 Å². The number of nitrogens with one attached hydrogen (secondary N) is 2. The van der Waals surface area contributed by atoms with E-state index in [2.05, 4.69) is 22.8 Å². The van der Waals surface area contributed by atoms with Crippen molar-refractivity contribution >= 4 is 46.6 Å². The summed E-state index contributed by atoms with van der Waals surface area (Å²) in [6, 6.07) is 13.9. The zero-order valence-electron chi connectivity index (χ0n) is 23.0. The third-order valence-corrected chi connectivity index (χ3v) is 9.55. The Hall–Kier alpha value is -2.87. The van der Waals surface area contributed by atoms with Crippen LogP contribution in [-0.2, 0) is 25.5 Å². The number of aryl methyl sites for hydroxylation is 1. The largest absolute Gasteiger partial charge is 0.359 e. The van der Waals surface area contributed by atoms with Crippen molar-refractivity contribution in [3.8, 4) is 0 Å². The SMILES string of the molecule is CC(CCc1ccccc1)N1C(=O)[C@@H]2C(C(=O)Nc3cc(Cl)cc(Cl)c3)[C@@H]3C=CC2(O3)C1C(=O)NC1CCCCC1. The van der Waals surface area contributed by atoms with Crippen LogP contribution >= 0.6 is 23.2 Å². The van der Waals surface area contributed by atoms with Gasteiger partial charge in [-0.15, -0.1) is 0 Å². The van der Waals surface area contributed by atoms with Crippen molar-refractivity contribution in [3.05, 3.63) is 76.3 Å². The summed E-state index contributed by atoms with van der Waals surface area (Å²) in [5.74, 6) is -2.38. The molecule has 1 aliphatic carbocycles. The van der Waals surface area contributed by atoms with E-state index in [1.165, 1.54) is 12.0 Å². The second kappa shape index (κ2) is 11.4. The highest BCUT2D eigenvalue weighted by atomic mass is 35.5. The van der Waals surface area contributed by atoms with Crippen LogP contribution in [0.15, 0.2) is 60.7 Å². The number of hydrogen-bond acceptors (Lipinski definition) is 4. The fourth-order valence-corrected chi connectivity index (χ4v) is 7.74. The summed E-state index contributed by atoms with van der Waals surface area (Å²) < 4.78 is 6.49. The Labute approximate surface area is 250 Å². The van der Waals surface area contributed by atoms with Gasteiger partial charge in [-0.25, -0.2) is 0 Å². The van der Waals surface area contributed by atoms with Crippen molar-refractivity contribution in [1.82, 2.24) is 10.2 Å². The second-order valence-electron chi connectivity index (χ2n) is 11.8. The number of amides is 3. The normalized spacial score (nSPS) is 29.4. The first-order valence-corrected chi connectivity index (χ1v) is 15.3. The molecule has 4 unspecified atom stereocenters. The van der Waals surface area contributed by atoms with Crippen molar-refractivity contribution in [3.63, 3.8) is 0 Å². The third kappa shape index (κ3) is 5.28. The van der Waals surface area contributed by atoms with Gasteiger partial charge in [-0.2, -0.15) is 0 Å². The van der Waals surface area contributed by atoms with Crippen molar-refractivity contribution < 1.29 is 19.1 Å². The minimum absolute atomic E-state index is 0.0810. The molecule has 3 aliphatic heterocycles. The quantitative estimate of drug-likeness (QED) is 0.391. The Bertz CT molecular complexity index is 1340. The molecule has 9 heteroatoms. The predicted octanol–water partition coefficient (Wildman–Crippen LogP) is 5.55. The Morgan fingerprint density at radius 2 is 1.76 bits per heavy atom. The molecule has 3 amide bonds. The van der Waals surface area contributed by atoms with Crippen molar-refractivity contribution in [1.29, 1.82) is 0 Å². The molecule has 1 spiro atoms. The van der Waals surface area contributed by atoms with Crippen LogP contribution in [0.2, 0.25) is 10.0 Å². The van der Waals surface area contributed by atoms with E-state index in [-0.39, 0.29) is 29.8 Å². The molecule has 6 atom stereocenters. The van der Waals surface area contributed by atoms with Gasteiger partial charge in [0.2, 0.25) is 17.7 Å². The Balaban J connectivity index is 1.29. The monoisotopic (exact) mass is 595 g/mol. The molecule has 0 radical (unpaired) electrons. The van der Waals surface area contributed by atoms with Gasteiger partial charge in [0.05, 0.1) is 17.9 Å². The molecule has 2 bridgehead atoms. The molecule has 4 aliphatic rings. The lowest BCUT2D eigenvalue weighted by molar-refractivity contribution is -0.143. The van der Waals surface area contributed by atoms with Crippen LogP contribution in [0.25, 0.3) is 0 Å². The van der Waals surface area contributed by atoms with Crippen LogP contribution < -0.4 is 10.6 Å². The molecule has 2 N–H and O–H groups in total. The predicted molar refractivity (Wildman–Crippen MR) is 159 cm³/mol. The van der Waals surface area contributed by atoms with Crippen molar-refractivity contribution in [2.24, 2.45) is 11.8 Å². The summed E-state index contributed by atoms with van der Waals surface area (Å²) in [7, 11) is 0. The maximum absolute atomic E-state index is 14.3. The Kier molecular flexibility index (Phi) is 7.88. The van der Waals surface area contributed by atoms with E-state index in [1.807, 2.05) is 37.3 Å². The zero-order chi connectivity index (χ0) is 28.7. The van der Waals surface area contributed by atoms with E-state index in [1.54, 1.807) is 23.1 Å². The molecule has 2 aromatic rings. The fourth-order valence-electron chi connectivity index (χ4n) is 7.22. The maximum atomic E-state index is 14.3. The van der Waals surface area contributed by atoms with E-state index in [0.717, 1.165) is 32.1 Å². The molecule has 0 aromatic heterocycles. The standard InChI is InChI=1S/C32H35Cl2N3O4/c1-19(12-13-20-8-4-2-5-9-20)37-28(30(39)35-23-10-6-3-7-11-23)32-15-14-25(41-32)26(27(32)31(37)40)29(38)36-24-17-21(33)16-22(34)18-24/h2,4-5,8-9,14-19,23,25-28H,3,6-7,10-13H2,1H3,(H,35,39)(H,36,38)/t19?,25-,26?,27-,28?,32?/m0/s1. The average Bonchev–Trinajstić information content (AvgIpc) is 3.59. The second-order valence-corrected chi connectivity index (χ2v) is 12.7. The molecule has 216 valence electrons. The fraction of sp³-hybridized carbons (Fsp3) is 0.469. The number of benzene rings is 2. The smallest absolute Gasteiger partial charge is 0.246 e. The Morgan fingerprint density at radius 3 is 2.46 bits per heavy atom. The van der Waals surface area contributed by atoms with E-state index >= 15 is 0 Å². The molecule has 3 heterocycles. The van der Waals surface area contributed by atoms with Gasteiger partial charge in [-0.1, -0.05) is 84.9 Å². The van der Waals surface area contributed by atoms with Gasteiger partial charge >= 0.3 is 0 Å².